The number of rotatable bonds is 0. The van der Waals surface area contributed by atoms with Crippen LogP contribution in [0, 0.1) is 0 Å². The van der Waals surface area contributed by atoms with Crippen LogP contribution in [0.2, 0.25) is 0 Å². The number of nitrogens with one attached hydrogen (secondary N) is 2. The van der Waals surface area contributed by atoms with Gasteiger partial charge in [0.05, 0.1) is 0 Å². The number of hydrogen-bond acceptors (Lipinski definition) is 2. The van der Waals surface area contributed by atoms with Gasteiger partial charge < -0.3 is 7.84 Å². The summed E-state index contributed by atoms with van der Waals surface area (Å²) in [6.45, 7) is 0. The van der Waals surface area contributed by atoms with Crippen LogP contribution in [-0.2, 0) is 0 Å². The van der Waals surface area contributed by atoms with Crippen LogP contribution in [0.4, 0.5) is 0 Å². The fourth-order valence-electron chi connectivity index (χ4n) is 0.383. The molecule has 1 heterocycles. The Labute approximate surface area is 83.3 Å². The Bertz CT molecular complexity index is 258. The minimum atomic E-state index is -0.475. The van der Waals surface area contributed by atoms with Gasteiger partial charge in [0.15, 0.2) is 0 Å². The first kappa shape index (κ1) is 8.94. The number of aromatic amines is 2. The van der Waals surface area contributed by atoms with Gasteiger partial charge in [0.2, 0.25) is 0 Å². The molecule has 0 atom stereocenters. The SMILES string of the molecule is O=c1cc[nH]c(=O)[nH]1.[Ca+2].[H-].[H-]. The summed E-state index contributed by atoms with van der Waals surface area (Å²) in [6.07, 6.45) is 1.29. The van der Waals surface area contributed by atoms with E-state index >= 15 is 0 Å². The Morgan fingerprint density at radius 2 is 2.11 bits per heavy atom. The van der Waals surface area contributed by atoms with Crippen LogP contribution >= 0.6 is 0 Å². The van der Waals surface area contributed by atoms with E-state index in [0.717, 1.165) is 0 Å². The van der Waals surface area contributed by atoms with E-state index in [9.17, 15) is 9.59 Å². The van der Waals surface area contributed by atoms with Gasteiger partial charge in [-0.15, -0.1) is 0 Å². The van der Waals surface area contributed by atoms with Crippen molar-refractivity contribution < 1.29 is 2.85 Å². The zero-order valence-electron chi connectivity index (χ0n) is 6.68. The summed E-state index contributed by atoms with van der Waals surface area (Å²) in [5, 5.41) is 0. The van der Waals surface area contributed by atoms with E-state index in [1.807, 2.05) is 4.98 Å². The topological polar surface area (TPSA) is 65.7 Å². The van der Waals surface area contributed by atoms with Gasteiger partial charge in [-0.05, 0) is 0 Å². The average Bonchev–Trinajstić information content (AvgIpc) is 1.64. The molecule has 0 aliphatic rings. The second kappa shape index (κ2) is 3.87. The van der Waals surface area contributed by atoms with Crippen LogP contribution in [0.1, 0.15) is 2.85 Å². The molecule has 0 saturated heterocycles. The van der Waals surface area contributed by atoms with Gasteiger partial charge in [-0.1, -0.05) is 0 Å². The molecule has 0 amide bonds. The number of H-pyrrole nitrogens is 2. The van der Waals surface area contributed by atoms with Crippen LogP contribution in [0.25, 0.3) is 0 Å². The predicted molar refractivity (Wildman–Crippen MR) is 35.7 cm³/mol. The fourth-order valence-corrected chi connectivity index (χ4v) is 0.383. The monoisotopic (exact) mass is 154 g/mol. The summed E-state index contributed by atoms with van der Waals surface area (Å²) in [6, 6.07) is 1.24. The maximum atomic E-state index is 10.2. The third-order valence-corrected chi connectivity index (χ3v) is 0.686. The predicted octanol–water partition coefficient (Wildman–Crippen LogP) is -1.09. The molecule has 0 spiro atoms. The number of hydrogen-bond donors (Lipinski definition) is 2. The van der Waals surface area contributed by atoms with E-state index in [2.05, 4.69) is 4.98 Å². The summed E-state index contributed by atoms with van der Waals surface area (Å²) < 4.78 is 0. The normalized spacial score (nSPS) is 8.00. The van der Waals surface area contributed by atoms with Crippen molar-refractivity contribution in [2.75, 3.05) is 0 Å². The van der Waals surface area contributed by atoms with Crippen LogP contribution in [0.3, 0.4) is 0 Å². The smallest absolute Gasteiger partial charge is 1.00 e. The molecule has 2 N–H and O–H groups in total. The molecule has 0 unspecified atom stereocenters. The standard InChI is InChI=1S/C4H4N2O2.Ca.2H/c7-3-1-2-5-4(8)6-3;;;/h1-2H,(H2,5,6,7,8);;;/q;+2;2*-1. The maximum Gasteiger partial charge on any atom is 2.00 e. The average molecular weight is 154 g/mol. The van der Waals surface area contributed by atoms with Gasteiger partial charge >= 0.3 is 43.4 Å². The van der Waals surface area contributed by atoms with Crippen molar-refractivity contribution in [1.82, 2.24) is 9.97 Å². The quantitative estimate of drug-likeness (QED) is 0.466. The Hall–Kier alpha value is -0.0603. The Kier molecular flexibility index (Phi) is 3.84. The molecule has 0 bridgehead atoms. The summed E-state index contributed by atoms with van der Waals surface area (Å²) in [7, 11) is 0. The minimum absolute atomic E-state index is 0. The van der Waals surface area contributed by atoms with E-state index in [-0.39, 0.29) is 46.2 Å². The molecule has 0 saturated carbocycles. The first-order valence-electron chi connectivity index (χ1n) is 2.07. The van der Waals surface area contributed by atoms with Gasteiger partial charge in [-0.2, -0.15) is 0 Å². The molecular formula is C4H6CaN2O2. The van der Waals surface area contributed by atoms with Crippen molar-refractivity contribution in [1.29, 1.82) is 0 Å². The van der Waals surface area contributed by atoms with Gasteiger partial charge in [0, 0.05) is 12.3 Å². The van der Waals surface area contributed by atoms with Crippen molar-refractivity contribution in [3.05, 3.63) is 33.1 Å². The van der Waals surface area contributed by atoms with E-state index in [4.69, 9.17) is 0 Å². The first-order valence-corrected chi connectivity index (χ1v) is 2.07. The second-order valence-corrected chi connectivity index (χ2v) is 1.30. The van der Waals surface area contributed by atoms with Crippen molar-refractivity contribution in [3.63, 3.8) is 0 Å². The third kappa shape index (κ3) is 2.84. The molecule has 5 heteroatoms. The van der Waals surface area contributed by atoms with Gasteiger partial charge in [-0.25, -0.2) is 4.79 Å². The molecular weight excluding hydrogens is 148 g/mol. The summed E-state index contributed by atoms with van der Waals surface area (Å²) in [5.41, 5.74) is -0.855. The van der Waals surface area contributed by atoms with Crippen LogP contribution in [0.15, 0.2) is 21.9 Å². The molecule has 1 rings (SSSR count). The van der Waals surface area contributed by atoms with E-state index in [1.165, 1.54) is 12.3 Å². The van der Waals surface area contributed by atoms with Crippen molar-refractivity contribution >= 4 is 37.7 Å². The molecule has 4 nitrogen and oxygen atoms in total. The third-order valence-electron chi connectivity index (χ3n) is 0.686. The molecule has 46 valence electrons. The van der Waals surface area contributed by atoms with Gasteiger partial charge in [-0.3, -0.25) is 9.78 Å². The first-order chi connectivity index (χ1) is 3.79. The van der Waals surface area contributed by atoms with Gasteiger partial charge in [0.25, 0.3) is 5.56 Å². The minimum Gasteiger partial charge on any atom is -1.00 e. The Morgan fingerprint density at radius 3 is 2.44 bits per heavy atom. The van der Waals surface area contributed by atoms with Crippen LogP contribution < -0.4 is 11.2 Å². The van der Waals surface area contributed by atoms with Crippen LogP contribution in [-0.4, -0.2) is 47.7 Å². The summed E-state index contributed by atoms with van der Waals surface area (Å²) in [5.74, 6) is 0. The van der Waals surface area contributed by atoms with E-state index in [0.29, 0.717) is 0 Å². The summed E-state index contributed by atoms with van der Waals surface area (Å²) >= 11 is 0. The van der Waals surface area contributed by atoms with Gasteiger partial charge in [0.1, 0.15) is 0 Å². The molecule has 0 aliphatic heterocycles. The van der Waals surface area contributed by atoms with E-state index in [1.54, 1.807) is 0 Å². The molecule has 0 aliphatic carbocycles. The van der Waals surface area contributed by atoms with Crippen LogP contribution in [0.5, 0.6) is 0 Å². The molecule has 1 aromatic heterocycles. The maximum absolute atomic E-state index is 10.2. The Balaban J connectivity index is -0.000000213. The molecule has 0 aromatic carbocycles. The molecule has 9 heavy (non-hydrogen) atoms. The van der Waals surface area contributed by atoms with Crippen molar-refractivity contribution in [2.24, 2.45) is 0 Å². The van der Waals surface area contributed by atoms with Crippen molar-refractivity contribution in [2.45, 2.75) is 0 Å². The Morgan fingerprint density at radius 1 is 1.44 bits per heavy atom. The fraction of sp³-hybridized carbons (Fsp3) is 0. The molecule has 0 fully saturated rings. The molecule has 0 radical (unpaired) electrons. The van der Waals surface area contributed by atoms with E-state index < -0.39 is 5.69 Å². The van der Waals surface area contributed by atoms with Crippen molar-refractivity contribution in [3.8, 4) is 0 Å². The second-order valence-electron chi connectivity index (χ2n) is 1.30. The largest absolute Gasteiger partial charge is 2.00 e. The summed E-state index contributed by atoms with van der Waals surface area (Å²) in [4.78, 5) is 24.7. The number of aromatic nitrogens is 2. The zero-order valence-corrected chi connectivity index (χ0v) is 6.89. The molecule has 1 aromatic rings. The zero-order chi connectivity index (χ0) is 5.98.